The fourth-order valence-corrected chi connectivity index (χ4v) is 4.24. The van der Waals surface area contributed by atoms with Gasteiger partial charge in [-0.2, -0.15) is 0 Å². The monoisotopic (exact) mass is 589 g/mol. The second-order valence-corrected chi connectivity index (χ2v) is 9.26. The summed E-state index contributed by atoms with van der Waals surface area (Å²) < 4.78 is 11.5. The van der Waals surface area contributed by atoms with Crippen LogP contribution in [0.15, 0.2) is 60.2 Å². The van der Waals surface area contributed by atoms with E-state index in [-0.39, 0.29) is 56.7 Å². The van der Waals surface area contributed by atoms with Crippen LogP contribution in [0.25, 0.3) is 6.08 Å². The number of nitro groups is 1. The number of non-ortho nitro benzene ring substituents is 1. The van der Waals surface area contributed by atoms with Crippen LogP contribution in [0.1, 0.15) is 18.1 Å². The summed E-state index contributed by atoms with van der Waals surface area (Å²) in [5.41, 5.74) is 0.532. The Balaban J connectivity index is 1.65. The number of amides is 4. The fourth-order valence-electron chi connectivity index (χ4n) is 3.67. The van der Waals surface area contributed by atoms with E-state index in [1.807, 2.05) is 0 Å². The van der Waals surface area contributed by atoms with Gasteiger partial charge in [-0.25, -0.2) is 9.69 Å². The Morgan fingerprint density at radius 1 is 0.974 bits per heavy atom. The molecule has 3 aromatic rings. The molecule has 0 aromatic heterocycles. The highest BCUT2D eigenvalue weighted by Crippen LogP contribution is 2.38. The van der Waals surface area contributed by atoms with Gasteiger partial charge >= 0.3 is 6.03 Å². The van der Waals surface area contributed by atoms with Gasteiger partial charge in [-0.05, 0) is 54.5 Å². The topological polar surface area (TPSA) is 128 Å². The van der Waals surface area contributed by atoms with Gasteiger partial charge in [0, 0.05) is 12.1 Å². The molecule has 1 fully saturated rings. The molecule has 1 aliphatic heterocycles. The molecule has 1 aliphatic rings. The SMILES string of the molecule is CCOc1cc(/C=C2\C(=O)NC(=O)N(c3ccc(Cl)c(Cl)c3)C2=O)cc(Cl)c1OCc1cccc([N+](=O)[O-])c1. The van der Waals surface area contributed by atoms with Crippen molar-refractivity contribution in [3.05, 3.63) is 96.5 Å². The average molecular weight is 591 g/mol. The number of nitro benzene ring substituents is 1. The molecular formula is C26H18Cl3N3O7. The summed E-state index contributed by atoms with van der Waals surface area (Å²) in [6, 6.07) is 12.1. The molecule has 0 bridgehead atoms. The molecule has 0 atom stereocenters. The quantitative estimate of drug-likeness (QED) is 0.143. The molecule has 0 saturated carbocycles. The van der Waals surface area contributed by atoms with Crippen molar-refractivity contribution in [2.75, 3.05) is 11.5 Å². The third-order valence-electron chi connectivity index (χ3n) is 5.41. The lowest BCUT2D eigenvalue weighted by molar-refractivity contribution is -0.384. The van der Waals surface area contributed by atoms with Crippen LogP contribution in [0.4, 0.5) is 16.2 Å². The van der Waals surface area contributed by atoms with Crippen molar-refractivity contribution in [1.29, 1.82) is 0 Å². The van der Waals surface area contributed by atoms with Crippen molar-refractivity contribution >= 4 is 70.1 Å². The summed E-state index contributed by atoms with van der Waals surface area (Å²) in [7, 11) is 0. The Hall–Kier alpha value is -4.12. The number of anilines is 1. The van der Waals surface area contributed by atoms with E-state index >= 15 is 0 Å². The van der Waals surface area contributed by atoms with Crippen molar-refractivity contribution in [2.45, 2.75) is 13.5 Å². The molecule has 13 heteroatoms. The smallest absolute Gasteiger partial charge is 0.335 e. The largest absolute Gasteiger partial charge is 0.490 e. The summed E-state index contributed by atoms with van der Waals surface area (Å²) >= 11 is 18.4. The lowest BCUT2D eigenvalue weighted by Gasteiger charge is -2.26. The molecule has 1 N–H and O–H groups in total. The Bertz CT molecular complexity index is 1540. The zero-order chi connectivity index (χ0) is 28.3. The maximum Gasteiger partial charge on any atom is 0.335 e. The molecule has 0 unspecified atom stereocenters. The number of hydrogen-bond donors (Lipinski definition) is 1. The molecule has 4 rings (SSSR count). The average Bonchev–Trinajstić information content (AvgIpc) is 2.88. The first kappa shape index (κ1) is 27.9. The molecule has 0 aliphatic carbocycles. The predicted molar refractivity (Wildman–Crippen MR) is 146 cm³/mol. The van der Waals surface area contributed by atoms with Crippen LogP contribution in [-0.2, 0) is 16.2 Å². The summed E-state index contributed by atoms with van der Waals surface area (Å²) in [6.45, 7) is 1.94. The molecule has 1 saturated heterocycles. The van der Waals surface area contributed by atoms with Gasteiger partial charge in [0.05, 0.1) is 32.3 Å². The van der Waals surface area contributed by atoms with Gasteiger partial charge in [-0.15, -0.1) is 0 Å². The number of nitrogens with zero attached hydrogens (tertiary/aromatic N) is 2. The van der Waals surface area contributed by atoms with E-state index in [1.165, 1.54) is 54.6 Å². The highest BCUT2D eigenvalue weighted by molar-refractivity contribution is 6.43. The van der Waals surface area contributed by atoms with Crippen molar-refractivity contribution < 1.29 is 28.8 Å². The summed E-state index contributed by atoms with van der Waals surface area (Å²) in [5.74, 6) is -1.41. The first-order chi connectivity index (χ1) is 18.6. The molecule has 10 nitrogen and oxygen atoms in total. The van der Waals surface area contributed by atoms with E-state index in [4.69, 9.17) is 44.3 Å². The first-order valence-electron chi connectivity index (χ1n) is 11.3. The Kier molecular flexibility index (Phi) is 8.39. The summed E-state index contributed by atoms with van der Waals surface area (Å²) in [4.78, 5) is 49.6. The van der Waals surface area contributed by atoms with E-state index < -0.39 is 22.8 Å². The molecular weight excluding hydrogens is 573 g/mol. The van der Waals surface area contributed by atoms with Gasteiger partial charge in [0.1, 0.15) is 12.2 Å². The molecule has 0 radical (unpaired) electrons. The van der Waals surface area contributed by atoms with Gasteiger partial charge in [-0.1, -0.05) is 46.9 Å². The number of ether oxygens (including phenoxy) is 2. The zero-order valence-electron chi connectivity index (χ0n) is 20.1. The van der Waals surface area contributed by atoms with Crippen LogP contribution >= 0.6 is 34.8 Å². The summed E-state index contributed by atoms with van der Waals surface area (Å²) in [5, 5.41) is 13.6. The Labute approximate surface area is 236 Å². The molecule has 1 heterocycles. The highest BCUT2D eigenvalue weighted by atomic mass is 35.5. The van der Waals surface area contributed by atoms with Crippen LogP contribution < -0.4 is 19.7 Å². The molecule has 0 spiro atoms. The fraction of sp³-hybridized carbons (Fsp3) is 0.115. The maximum atomic E-state index is 13.2. The number of nitrogens with one attached hydrogen (secondary N) is 1. The van der Waals surface area contributed by atoms with Gasteiger partial charge in [0.2, 0.25) is 0 Å². The van der Waals surface area contributed by atoms with Crippen LogP contribution in [0.3, 0.4) is 0 Å². The third kappa shape index (κ3) is 6.14. The van der Waals surface area contributed by atoms with Crippen molar-refractivity contribution in [2.24, 2.45) is 0 Å². The van der Waals surface area contributed by atoms with Crippen molar-refractivity contribution in [3.63, 3.8) is 0 Å². The number of imide groups is 2. The van der Waals surface area contributed by atoms with E-state index in [0.717, 1.165) is 4.90 Å². The molecule has 200 valence electrons. The number of urea groups is 1. The van der Waals surface area contributed by atoms with Gasteiger partial charge in [0.25, 0.3) is 17.5 Å². The lowest BCUT2D eigenvalue weighted by Crippen LogP contribution is -2.54. The minimum atomic E-state index is -0.946. The number of carbonyl (C=O) groups excluding carboxylic acids is 3. The number of benzene rings is 3. The van der Waals surface area contributed by atoms with Gasteiger partial charge < -0.3 is 9.47 Å². The number of rotatable bonds is 8. The van der Waals surface area contributed by atoms with Crippen LogP contribution in [0.5, 0.6) is 11.5 Å². The molecule has 39 heavy (non-hydrogen) atoms. The van der Waals surface area contributed by atoms with Crippen molar-refractivity contribution in [3.8, 4) is 11.5 Å². The molecule has 4 amide bonds. The lowest BCUT2D eigenvalue weighted by atomic mass is 10.1. The standard InChI is InChI=1S/C26H18Cl3N3O7/c1-2-38-22-11-15(10-21(29)23(22)39-13-14-4-3-5-17(8-14)32(36)37)9-18-24(33)30-26(35)31(25(18)34)16-6-7-19(27)20(28)12-16/h3-12H,2,13H2,1H3,(H,30,33,35)/b18-9+. The first-order valence-corrected chi connectivity index (χ1v) is 12.4. The highest BCUT2D eigenvalue weighted by Gasteiger charge is 2.37. The predicted octanol–water partition coefficient (Wildman–Crippen LogP) is 6.20. The minimum absolute atomic E-state index is 0.0382. The van der Waals surface area contributed by atoms with Crippen LogP contribution in [-0.4, -0.2) is 29.4 Å². The van der Waals surface area contributed by atoms with E-state index in [2.05, 4.69) is 5.32 Å². The zero-order valence-corrected chi connectivity index (χ0v) is 22.3. The van der Waals surface area contributed by atoms with Crippen molar-refractivity contribution in [1.82, 2.24) is 5.32 Å². The van der Waals surface area contributed by atoms with Crippen LogP contribution in [0.2, 0.25) is 15.1 Å². The summed E-state index contributed by atoms with van der Waals surface area (Å²) in [6.07, 6.45) is 1.26. The van der Waals surface area contributed by atoms with E-state index in [1.54, 1.807) is 13.0 Å². The van der Waals surface area contributed by atoms with Gasteiger partial charge in [-0.3, -0.25) is 25.0 Å². The minimum Gasteiger partial charge on any atom is -0.490 e. The number of halogens is 3. The van der Waals surface area contributed by atoms with E-state index in [9.17, 15) is 24.5 Å². The Morgan fingerprint density at radius 3 is 2.44 bits per heavy atom. The number of barbiturate groups is 1. The number of carbonyl (C=O) groups is 3. The number of hydrogen-bond acceptors (Lipinski definition) is 7. The van der Waals surface area contributed by atoms with Gasteiger partial charge in [0.15, 0.2) is 11.5 Å². The second kappa shape index (κ2) is 11.7. The second-order valence-electron chi connectivity index (χ2n) is 8.03. The molecule has 3 aromatic carbocycles. The van der Waals surface area contributed by atoms with Crippen LogP contribution in [0, 0.1) is 10.1 Å². The Morgan fingerprint density at radius 2 is 1.74 bits per heavy atom. The maximum absolute atomic E-state index is 13.2. The van der Waals surface area contributed by atoms with E-state index in [0.29, 0.717) is 11.1 Å². The normalized spacial score (nSPS) is 14.4. The third-order valence-corrected chi connectivity index (χ3v) is 6.43.